The highest BCUT2D eigenvalue weighted by Crippen LogP contribution is 2.41. The summed E-state index contributed by atoms with van der Waals surface area (Å²) < 4.78 is 52.7. The van der Waals surface area contributed by atoms with Crippen LogP contribution in [0.15, 0.2) is 36.5 Å². The third kappa shape index (κ3) is 3.37. The maximum Gasteiger partial charge on any atom is 0.422 e. The van der Waals surface area contributed by atoms with Gasteiger partial charge in [-0.1, -0.05) is 25.5 Å². The minimum absolute atomic E-state index is 0.163. The number of pyridine rings is 1. The lowest BCUT2D eigenvalue weighted by molar-refractivity contribution is -0.270. The maximum absolute atomic E-state index is 13.2. The van der Waals surface area contributed by atoms with E-state index < -0.39 is 23.9 Å². The quantitative estimate of drug-likeness (QED) is 0.822. The van der Waals surface area contributed by atoms with Crippen molar-refractivity contribution in [1.29, 1.82) is 0 Å². The average molecular weight is 327 g/mol. The molecule has 1 heterocycles. The molecule has 0 bridgehead atoms. The predicted octanol–water partition coefficient (Wildman–Crippen LogP) is 4.75. The predicted molar refractivity (Wildman–Crippen MR) is 79.2 cm³/mol. The molecule has 0 spiro atoms. The van der Waals surface area contributed by atoms with Crippen molar-refractivity contribution in [2.75, 3.05) is 0 Å². The lowest BCUT2D eigenvalue weighted by atomic mass is 9.92. The molecule has 2 nitrogen and oxygen atoms in total. The maximum atomic E-state index is 13.2. The number of aryl methyl sites for hydroxylation is 1. The van der Waals surface area contributed by atoms with Crippen LogP contribution in [0.3, 0.4) is 0 Å². The number of aliphatic hydroxyl groups is 1. The standard InChI is InChI=1S/C17H17F4NO/c1-3-8-16(23,17(19,20)21)15-7-4-12(10-22-15)14-6-5-13(18)9-11(14)2/h4-7,9-10,23H,3,8H2,1-2H3. The van der Waals surface area contributed by atoms with Crippen molar-refractivity contribution < 1.29 is 22.7 Å². The summed E-state index contributed by atoms with van der Waals surface area (Å²) in [7, 11) is 0. The second kappa shape index (κ2) is 6.28. The third-order valence-electron chi connectivity index (χ3n) is 3.77. The molecule has 1 aromatic heterocycles. The Balaban J connectivity index is 2.42. The molecule has 6 heteroatoms. The molecule has 0 saturated carbocycles. The van der Waals surface area contributed by atoms with E-state index >= 15 is 0 Å². The summed E-state index contributed by atoms with van der Waals surface area (Å²) in [4.78, 5) is 3.81. The smallest absolute Gasteiger partial charge is 0.375 e. The summed E-state index contributed by atoms with van der Waals surface area (Å²) in [6.07, 6.45) is -3.83. The molecule has 2 rings (SSSR count). The number of rotatable bonds is 4. The number of nitrogens with zero attached hydrogens (tertiary/aromatic N) is 1. The molecule has 0 radical (unpaired) electrons. The lowest BCUT2D eigenvalue weighted by Crippen LogP contribution is -2.42. The second-order valence-electron chi connectivity index (χ2n) is 5.50. The summed E-state index contributed by atoms with van der Waals surface area (Å²) in [6.45, 7) is 3.27. The summed E-state index contributed by atoms with van der Waals surface area (Å²) in [5.41, 5.74) is -1.50. The van der Waals surface area contributed by atoms with Crippen LogP contribution in [0.5, 0.6) is 0 Å². The minimum Gasteiger partial charge on any atom is -0.375 e. The Morgan fingerprint density at radius 3 is 2.30 bits per heavy atom. The first-order valence-corrected chi connectivity index (χ1v) is 7.21. The van der Waals surface area contributed by atoms with Gasteiger partial charge in [-0.15, -0.1) is 0 Å². The number of halogens is 4. The Labute approximate surface area is 131 Å². The van der Waals surface area contributed by atoms with Crippen LogP contribution in [0.2, 0.25) is 0 Å². The molecule has 1 aromatic carbocycles. The van der Waals surface area contributed by atoms with Gasteiger partial charge in [-0.3, -0.25) is 4.98 Å². The number of aromatic nitrogens is 1. The van der Waals surface area contributed by atoms with Gasteiger partial charge >= 0.3 is 6.18 Å². The van der Waals surface area contributed by atoms with Crippen LogP contribution >= 0.6 is 0 Å². The normalized spacial score (nSPS) is 14.6. The zero-order valence-electron chi connectivity index (χ0n) is 12.8. The van der Waals surface area contributed by atoms with Crippen LogP contribution < -0.4 is 0 Å². The van der Waals surface area contributed by atoms with Crippen molar-refractivity contribution in [3.05, 3.63) is 53.6 Å². The monoisotopic (exact) mass is 327 g/mol. The molecule has 1 N–H and O–H groups in total. The highest BCUT2D eigenvalue weighted by molar-refractivity contribution is 5.66. The van der Waals surface area contributed by atoms with E-state index in [0.717, 1.165) is 0 Å². The van der Waals surface area contributed by atoms with Gasteiger partial charge in [0.25, 0.3) is 0 Å². The van der Waals surface area contributed by atoms with Crippen LogP contribution in [0, 0.1) is 12.7 Å². The fourth-order valence-corrected chi connectivity index (χ4v) is 2.53. The topological polar surface area (TPSA) is 33.1 Å². The van der Waals surface area contributed by atoms with Crippen LogP contribution in [0.25, 0.3) is 11.1 Å². The van der Waals surface area contributed by atoms with E-state index in [9.17, 15) is 22.7 Å². The molecule has 0 aliphatic rings. The molecule has 1 atom stereocenters. The number of hydrogen-bond donors (Lipinski definition) is 1. The summed E-state index contributed by atoms with van der Waals surface area (Å²) in [5, 5.41) is 10.0. The first-order valence-electron chi connectivity index (χ1n) is 7.21. The molecular formula is C17H17F4NO. The highest BCUT2D eigenvalue weighted by atomic mass is 19.4. The Morgan fingerprint density at radius 1 is 1.13 bits per heavy atom. The van der Waals surface area contributed by atoms with Crippen LogP contribution in [-0.2, 0) is 5.60 Å². The van der Waals surface area contributed by atoms with Crippen molar-refractivity contribution in [2.24, 2.45) is 0 Å². The first-order chi connectivity index (χ1) is 10.7. The Bertz CT molecular complexity index is 682. The molecule has 0 aliphatic carbocycles. The van der Waals surface area contributed by atoms with E-state index in [-0.39, 0.29) is 12.2 Å². The zero-order valence-corrected chi connectivity index (χ0v) is 12.8. The molecule has 124 valence electrons. The van der Waals surface area contributed by atoms with E-state index in [1.807, 2.05) is 0 Å². The number of benzene rings is 1. The van der Waals surface area contributed by atoms with Crippen LogP contribution in [0.1, 0.15) is 31.0 Å². The van der Waals surface area contributed by atoms with E-state index in [4.69, 9.17) is 0 Å². The second-order valence-corrected chi connectivity index (χ2v) is 5.50. The SMILES string of the molecule is CCCC(O)(c1ccc(-c2ccc(F)cc2C)cn1)C(F)(F)F. The Hall–Kier alpha value is -1.95. The van der Waals surface area contributed by atoms with Crippen molar-refractivity contribution in [3.8, 4) is 11.1 Å². The summed E-state index contributed by atoms with van der Waals surface area (Å²) in [5.74, 6) is -0.384. The molecule has 2 aromatic rings. The summed E-state index contributed by atoms with van der Waals surface area (Å²) >= 11 is 0. The molecule has 0 fully saturated rings. The van der Waals surface area contributed by atoms with Crippen LogP contribution in [0.4, 0.5) is 17.6 Å². The van der Waals surface area contributed by atoms with Crippen molar-refractivity contribution in [1.82, 2.24) is 4.98 Å². The van der Waals surface area contributed by atoms with Crippen molar-refractivity contribution in [3.63, 3.8) is 0 Å². The Morgan fingerprint density at radius 2 is 1.83 bits per heavy atom. The first kappa shape index (κ1) is 17.4. The van der Waals surface area contributed by atoms with Gasteiger partial charge in [-0.2, -0.15) is 13.2 Å². The fourth-order valence-electron chi connectivity index (χ4n) is 2.53. The third-order valence-corrected chi connectivity index (χ3v) is 3.77. The van der Waals surface area contributed by atoms with Gasteiger partial charge < -0.3 is 5.11 Å². The number of hydrogen-bond acceptors (Lipinski definition) is 2. The van der Waals surface area contributed by atoms with Crippen molar-refractivity contribution in [2.45, 2.75) is 38.5 Å². The van der Waals surface area contributed by atoms with Gasteiger partial charge in [-0.05, 0) is 42.7 Å². The van der Waals surface area contributed by atoms with Gasteiger partial charge in [0.1, 0.15) is 5.82 Å². The fraction of sp³-hybridized carbons (Fsp3) is 0.353. The van der Waals surface area contributed by atoms with Gasteiger partial charge in [0.15, 0.2) is 0 Å². The van der Waals surface area contributed by atoms with E-state index in [1.165, 1.54) is 30.5 Å². The number of alkyl halides is 3. The highest BCUT2D eigenvalue weighted by Gasteiger charge is 2.55. The molecule has 1 unspecified atom stereocenters. The zero-order chi connectivity index (χ0) is 17.3. The molecule has 0 saturated heterocycles. The largest absolute Gasteiger partial charge is 0.422 e. The van der Waals surface area contributed by atoms with Gasteiger partial charge in [0.2, 0.25) is 5.60 Å². The lowest BCUT2D eigenvalue weighted by Gasteiger charge is -2.29. The van der Waals surface area contributed by atoms with E-state index in [0.29, 0.717) is 16.7 Å². The molecule has 0 aliphatic heterocycles. The molecule has 23 heavy (non-hydrogen) atoms. The molecular weight excluding hydrogens is 310 g/mol. The van der Waals surface area contributed by atoms with E-state index in [1.54, 1.807) is 19.9 Å². The van der Waals surface area contributed by atoms with E-state index in [2.05, 4.69) is 4.98 Å². The minimum atomic E-state index is -4.80. The average Bonchev–Trinajstić information content (AvgIpc) is 2.46. The van der Waals surface area contributed by atoms with Crippen LogP contribution in [-0.4, -0.2) is 16.3 Å². The van der Waals surface area contributed by atoms with Crippen molar-refractivity contribution >= 4 is 0 Å². The van der Waals surface area contributed by atoms with Gasteiger partial charge in [0.05, 0.1) is 5.69 Å². The van der Waals surface area contributed by atoms with Gasteiger partial charge in [-0.25, -0.2) is 4.39 Å². The summed E-state index contributed by atoms with van der Waals surface area (Å²) in [6, 6.07) is 6.78. The Kier molecular flexibility index (Phi) is 4.75. The van der Waals surface area contributed by atoms with Gasteiger partial charge in [0, 0.05) is 11.8 Å². The molecule has 0 amide bonds.